The molecule has 2 rings (SSSR count). The number of nitrogens with two attached hydrogens (primary N) is 1. The minimum absolute atomic E-state index is 0.117. The molecule has 1 aromatic heterocycles. The molecule has 1 amide bonds. The van der Waals surface area contributed by atoms with Crippen LogP contribution in [-0.2, 0) is 4.79 Å². The summed E-state index contributed by atoms with van der Waals surface area (Å²) in [5.74, 6) is 0.682. The Morgan fingerprint density at radius 2 is 2.28 bits per heavy atom. The fourth-order valence-corrected chi connectivity index (χ4v) is 2.91. The van der Waals surface area contributed by atoms with Crippen LogP contribution in [0.5, 0.6) is 0 Å². The maximum atomic E-state index is 12.0. The van der Waals surface area contributed by atoms with Crippen molar-refractivity contribution in [3.63, 3.8) is 0 Å². The number of hydrogen-bond acceptors (Lipinski definition) is 3. The van der Waals surface area contributed by atoms with Crippen molar-refractivity contribution in [2.24, 2.45) is 11.7 Å². The molecule has 0 radical (unpaired) electrons. The van der Waals surface area contributed by atoms with Crippen LogP contribution in [0.4, 0.5) is 0 Å². The first-order valence-electron chi connectivity index (χ1n) is 6.43. The second kappa shape index (κ2) is 6.16. The molecule has 1 aliphatic heterocycles. The van der Waals surface area contributed by atoms with Crippen molar-refractivity contribution in [3.8, 4) is 0 Å². The van der Waals surface area contributed by atoms with Gasteiger partial charge in [0.15, 0.2) is 0 Å². The van der Waals surface area contributed by atoms with Crippen molar-refractivity contribution < 1.29 is 4.79 Å². The topological polar surface area (TPSA) is 46.3 Å². The zero-order valence-corrected chi connectivity index (χ0v) is 11.5. The van der Waals surface area contributed by atoms with E-state index in [1.165, 1.54) is 0 Å². The molecule has 1 saturated heterocycles. The summed E-state index contributed by atoms with van der Waals surface area (Å²) in [5.41, 5.74) is 5.90. The molecule has 0 spiro atoms. The zero-order valence-electron chi connectivity index (χ0n) is 10.7. The molecular formula is C14H20N2OS. The van der Waals surface area contributed by atoms with Crippen LogP contribution in [-0.4, -0.2) is 29.9 Å². The summed E-state index contributed by atoms with van der Waals surface area (Å²) in [7, 11) is 0. The van der Waals surface area contributed by atoms with Gasteiger partial charge in [-0.3, -0.25) is 4.79 Å². The second-order valence-electron chi connectivity index (χ2n) is 4.87. The lowest BCUT2D eigenvalue weighted by molar-refractivity contribution is -0.127. The quantitative estimate of drug-likeness (QED) is 0.852. The van der Waals surface area contributed by atoms with E-state index in [0.29, 0.717) is 5.92 Å². The fourth-order valence-electron chi connectivity index (χ4n) is 2.29. The van der Waals surface area contributed by atoms with E-state index in [1.54, 1.807) is 17.4 Å². The molecule has 1 aliphatic rings. The summed E-state index contributed by atoms with van der Waals surface area (Å²) in [5, 5.41) is 2.01. The molecule has 4 heteroatoms. The van der Waals surface area contributed by atoms with Gasteiger partial charge in [-0.1, -0.05) is 6.07 Å². The van der Waals surface area contributed by atoms with Crippen molar-refractivity contribution in [2.75, 3.05) is 13.1 Å². The third-order valence-electron chi connectivity index (χ3n) is 3.53. The number of thiophene rings is 1. The Labute approximate surface area is 112 Å². The highest BCUT2D eigenvalue weighted by atomic mass is 32.1. The van der Waals surface area contributed by atoms with E-state index in [2.05, 4.69) is 6.92 Å². The van der Waals surface area contributed by atoms with E-state index in [4.69, 9.17) is 5.73 Å². The van der Waals surface area contributed by atoms with Crippen LogP contribution in [0, 0.1) is 5.92 Å². The van der Waals surface area contributed by atoms with Crippen LogP contribution in [0.2, 0.25) is 0 Å². The SMILES string of the molecule is CC(N)C1CCN(C(=O)C=Cc2cccs2)CC1. The first kappa shape index (κ1) is 13.3. The number of nitrogens with zero attached hydrogens (tertiary/aromatic N) is 1. The number of amides is 1. The normalized spacial score (nSPS) is 19.3. The smallest absolute Gasteiger partial charge is 0.246 e. The predicted octanol–water partition coefficient (Wildman–Crippen LogP) is 2.35. The first-order valence-corrected chi connectivity index (χ1v) is 7.31. The molecule has 98 valence electrons. The molecule has 2 heterocycles. The Kier molecular flexibility index (Phi) is 4.55. The van der Waals surface area contributed by atoms with Gasteiger partial charge < -0.3 is 10.6 Å². The van der Waals surface area contributed by atoms with Crippen LogP contribution >= 0.6 is 11.3 Å². The number of rotatable bonds is 3. The van der Waals surface area contributed by atoms with Crippen molar-refractivity contribution in [3.05, 3.63) is 28.5 Å². The lowest BCUT2D eigenvalue weighted by atomic mass is 9.91. The first-order chi connectivity index (χ1) is 8.66. The number of likely N-dealkylation sites (tertiary alicyclic amines) is 1. The Balaban J connectivity index is 1.84. The van der Waals surface area contributed by atoms with E-state index in [9.17, 15) is 4.79 Å². The molecule has 18 heavy (non-hydrogen) atoms. The highest BCUT2D eigenvalue weighted by molar-refractivity contribution is 7.10. The molecule has 2 N–H and O–H groups in total. The molecule has 3 nitrogen and oxygen atoms in total. The Bertz CT molecular complexity index is 403. The van der Waals surface area contributed by atoms with E-state index >= 15 is 0 Å². The van der Waals surface area contributed by atoms with Gasteiger partial charge in [0.25, 0.3) is 0 Å². The Morgan fingerprint density at radius 1 is 1.56 bits per heavy atom. The maximum absolute atomic E-state index is 12.0. The van der Waals surface area contributed by atoms with E-state index < -0.39 is 0 Å². The summed E-state index contributed by atoms with van der Waals surface area (Å²) >= 11 is 1.64. The monoisotopic (exact) mass is 264 g/mol. The number of hydrogen-bond donors (Lipinski definition) is 1. The van der Waals surface area contributed by atoms with Crippen molar-refractivity contribution >= 4 is 23.3 Å². The van der Waals surface area contributed by atoms with E-state index in [-0.39, 0.29) is 11.9 Å². The minimum Gasteiger partial charge on any atom is -0.339 e. The molecule has 0 aromatic carbocycles. The highest BCUT2D eigenvalue weighted by Crippen LogP contribution is 2.20. The molecule has 1 aromatic rings. The zero-order chi connectivity index (χ0) is 13.0. The third-order valence-corrected chi connectivity index (χ3v) is 4.37. The predicted molar refractivity (Wildman–Crippen MR) is 76.3 cm³/mol. The van der Waals surface area contributed by atoms with Crippen molar-refractivity contribution in [2.45, 2.75) is 25.8 Å². The van der Waals surface area contributed by atoms with Gasteiger partial charge in [-0.25, -0.2) is 0 Å². The van der Waals surface area contributed by atoms with Gasteiger partial charge in [0.2, 0.25) is 5.91 Å². The second-order valence-corrected chi connectivity index (χ2v) is 5.85. The van der Waals surface area contributed by atoms with Gasteiger partial charge >= 0.3 is 0 Å². The summed E-state index contributed by atoms with van der Waals surface area (Å²) < 4.78 is 0. The molecule has 0 saturated carbocycles. The summed E-state index contributed by atoms with van der Waals surface area (Å²) in [4.78, 5) is 15.0. The number of carbonyl (C=O) groups excluding carboxylic acids is 1. The van der Waals surface area contributed by atoms with Gasteiger partial charge in [0, 0.05) is 30.1 Å². The summed E-state index contributed by atoms with van der Waals surface area (Å²) in [6, 6.07) is 4.24. The van der Waals surface area contributed by atoms with Gasteiger partial charge in [0.1, 0.15) is 0 Å². The third kappa shape index (κ3) is 3.43. The van der Waals surface area contributed by atoms with Crippen molar-refractivity contribution in [1.82, 2.24) is 4.90 Å². The fraction of sp³-hybridized carbons (Fsp3) is 0.500. The summed E-state index contributed by atoms with van der Waals surface area (Å²) in [6.07, 6.45) is 5.62. The minimum atomic E-state index is 0.117. The highest BCUT2D eigenvalue weighted by Gasteiger charge is 2.23. The standard InChI is InChI=1S/C14H20N2OS/c1-11(15)12-6-8-16(9-7-12)14(17)5-4-13-3-2-10-18-13/h2-5,10-12H,6-9,15H2,1H3. The van der Waals surface area contributed by atoms with E-state index in [0.717, 1.165) is 30.8 Å². The van der Waals surface area contributed by atoms with Crippen LogP contribution in [0.1, 0.15) is 24.6 Å². The largest absolute Gasteiger partial charge is 0.339 e. The van der Waals surface area contributed by atoms with Gasteiger partial charge in [-0.2, -0.15) is 0 Å². The average molecular weight is 264 g/mol. The van der Waals surface area contributed by atoms with Crippen LogP contribution in [0.15, 0.2) is 23.6 Å². The van der Waals surface area contributed by atoms with Gasteiger partial charge in [-0.15, -0.1) is 11.3 Å². The molecule has 1 unspecified atom stereocenters. The lowest BCUT2D eigenvalue weighted by Gasteiger charge is -2.33. The molecule has 1 atom stereocenters. The molecule has 0 aliphatic carbocycles. The number of piperidine rings is 1. The lowest BCUT2D eigenvalue weighted by Crippen LogP contribution is -2.41. The Morgan fingerprint density at radius 3 is 2.83 bits per heavy atom. The van der Waals surface area contributed by atoms with E-state index in [1.807, 2.05) is 28.5 Å². The summed E-state index contributed by atoms with van der Waals surface area (Å²) in [6.45, 7) is 3.72. The number of carbonyl (C=O) groups is 1. The van der Waals surface area contributed by atoms with Gasteiger partial charge in [-0.05, 0) is 43.2 Å². The van der Waals surface area contributed by atoms with Gasteiger partial charge in [0.05, 0.1) is 0 Å². The average Bonchev–Trinajstić information content (AvgIpc) is 2.89. The van der Waals surface area contributed by atoms with Crippen LogP contribution in [0.3, 0.4) is 0 Å². The van der Waals surface area contributed by atoms with Crippen molar-refractivity contribution in [1.29, 1.82) is 0 Å². The molecule has 0 bridgehead atoms. The molecular weight excluding hydrogens is 244 g/mol. The molecule has 1 fully saturated rings. The Hall–Kier alpha value is -1.13. The van der Waals surface area contributed by atoms with Crippen LogP contribution in [0.25, 0.3) is 6.08 Å². The maximum Gasteiger partial charge on any atom is 0.246 e. The van der Waals surface area contributed by atoms with Crippen LogP contribution < -0.4 is 5.73 Å².